The third kappa shape index (κ3) is 5.75. The summed E-state index contributed by atoms with van der Waals surface area (Å²) >= 11 is 15.5. The lowest BCUT2D eigenvalue weighted by Gasteiger charge is -2.25. The van der Waals surface area contributed by atoms with Crippen LogP contribution in [0.2, 0.25) is 10.0 Å². The number of carbonyl (C=O) groups is 3. The molecule has 0 spiro atoms. The molecule has 186 valence electrons. The minimum atomic E-state index is -0.821. The first-order valence-corrected chi connectivity index (χ1v) is 12.3. The summed E-state index contributed by atoms with van der Waals surface area (Å²) in [4.78, 5) is 38.7. The molecule has 0 aliphatic carbocycles. The Hall–Kier alpha value is -3.27. The molecule has 1 aliphatic rings. The van der Waals surface area contributed by atoms with Crippen molar-refractivity contribution in [3.05, 3.63) is 85.7 Å². The maximum absolute atomic E-state index is 13.0. The van der Waals surface area contributed by atoms with Gasteiger partial charge in [-0.2, -0.15) is 0 Å². The quantitative estimate of drug-likeness (QED) is 0.254. The van der Waals surface area contributed by atoms with Gasteiger partial charge in [0.2, 0.25) is 0 Å². The van der Waals surface area contributed by atoms with Crippen molar-refractivity contribution >= 4 is 63.1 Å². The van der Waals surface area contributed by atoms with Crippen LogP contribution in [0.5, 0.6) is 11.5 Å². The summed E-state index contributed by atoms with van der Waals surface area (Å²) < 4.78 is 17.4. The van der Waals surface area contributed by atoms with Gasteiger partial charge < -0.3 is 13.9 Å². The molecule has 0 bridgehead atoms. The summed E-state index contributed by atoms with van der Waals surface area (Å²) in [7, 11) is 0. The number of hydrogen-bond acceptors (Lipinski definition) is 6. The van der Waals surface area contributed by atoms with Crippen molar-refractivity contribution < 1.29 is 28.3 Å². The van der Waals surface area contributed by atoms with E-state index in [1.165, 1.54) is 12.3 Å². The molecule has 0 atom stereocenters. The highest BCUT2D eigenvalue weighted by Crippen LogP contribution is 2.36. The van der Waals surface area contributed by atoms with E-state index in [0.29, 0.717) is 43.9 Å². The van der Waals surface area contributed by atoms with Gasteiger partial charge in [-0.1, -0.05) is 45.2 Å². The number of imide groups is 2. The van der Waals surface area contributed by atoms with Crippen LogP contribution in [0.25, 0.3) is 6.08 Å². The van der Waals surface area contributed by atoms with Crippen molar-refractivity contribution in [3.63, 3.8) is 0 Å². The van der Waals surface area contributed by atoms with Crippen molar-refractivity contribution in [1.29, 1.82) is 0 Å². The Kier molecular flexibility index (Phi) is 8.03. The van der Waals surface area contributed by atoms with Gasteiger partial charge in [0.1, 0.15) is 17.9 Å². The molecule has 2 heterocycles. The number of hydrogen-bond donors (Lipinski definition) is 1. The molecular weight excluding hydrogens is 575 g/mol. The molecule has 3 aromatic rings. The highest BCUT2D eigenvalue weighted by molar-refractivity contribution is 9.10. The SMILES string of the molecule is CCOc1cc(/C=C2\C(=O)NC(=O)N(Cc3ccco3)C2=O)c(Br)cc1OCc1ccc(Cl)c(Cl)c1. The van der Waals surface area contributed by atoms with E-state index >= 15 is 0 Å². The third-order valence-corrected chi connectivity index (χ3v) is 6.55. The first-order chi connectivity index (χ1) is 17.3. The van der Waals surface area contributed by atoms with Crippen LogP contribution in [-0.2, 0) is 22.7 Å². The molecule has 1 N–H and O–H groups in total. The third-order valence-electron chi connectivity index (χ3n) is 5.12. The van der Waals surface area contributed by atoms with E-state index in [9.17, 15) is 14.4 Å². The van der Waals surface area contributed by atoms with E-state index in [1.54, 1.807) is 42.5 Å². The Balaban J connectivity index is 1.61. The second kappa shape index (κ2) is 11.2. The maximum Gasteiger partial charge on any atom is 0.331 e. The predicted octanol–water partition coefficient (Wildman–Crippen LogP) is 5.99. The molecule has 0 radical (unpaired) electrons. The summed E-state index contributed by atoms with van der Waals surface area (Å²) in [6.45, 7) is 2.26. The lowest BCUT2D eigenvalue weighted by atomic mass is 10.1. The summed E-state index contributed by atoms with van der Waals surface area (Å²) in [5.41, 5.74) is 1.07. The number of ether oxygens (including phenoxy) is 2. The average molecular weight is 594 g/mol. The number of carbonyl (C=O) groups excluding carboxylic acids is 3. The fourth-order valence-corrected chi connectivity index (χ4v) is 4.14. The van der Waals surface area contributed by atoms with Gasteiger partial charge in [-0.05, 0) is 60.5 Å². The van der Waals surface area contributed by atoms with Crippen LogP contribution in [0.4, 0.5) is 4.79 Å². The number of rotatable bonds is 8. The number of benzene rings is 2. The van der Waals surface area contributed by atoms with Crippen molar-refractivity contribution in [2.24, 2.45) is 0 Å². The Morgan fingerprint density at radius 1 is 1.06 bits per heavy atom. The molecular formula is C25H19BrCl2N2O6. The fourth-order valence-electron chi connectivity index (χ4n) is 3.38. The lowest BCUT2D eigenvalue weighted by Crippen LogP contribution is -2.53. The van der Waals surface area contributed by atoms with Gasteiger partial charge in [0, 0.05) is 4.47 Å². The molecule has 1 fully saturated rings. The van der Waals surface area contributed by atoms with Crippen LogP contribution in [-0.4, -0.2) is 29.4 Å². The largest absolute Gasteiger partial charge is 0.490 e. The minimum Gasteiger partial charge on any atom is -0.490 e. The fraction of sp³-hybridized carbons (Fsp3) is 0.160. The highest BCUT2D eigenvalue weighted by Gasteiger charge is 2.36. The number of barbiturate groups is 1. The number of furan rings is 1. The molecule has 1 aliphatic heterocycles. The number of nitrogens with zero attached hydrogens (tertiary/aromatic N) is 1. The van der Waals surface area contributed by atoms with Crippen LogP contribution in [0.3, 0.4) is 0 Å². The van der Waals surface area contributed by atoms with Gasteiger partial charge in [-0.3, -0.25) is 19.8 Å². The van der Waals surface area contributed by atoms with Gasteiger partial charge in [0.15, 0.2) is 11.5 Å². The molecule has 1 aromatic heterocycles. The van der Waals surface area contributed by atoms with Crippen LogP contribution in [0, 0.1) is 0 Å². The summed E-state index contributed by atoms with van der Waals surface area (Å²) in [6, 6.07) is 10.9. The molecule has 36 heavy (non-hydrogen) atoms. The summed E-state index contributed by atoms with van der Waals surface area (Å²) in [5, 5.41) is 3.05. The van der Waals surface area contributed by atoms with Crippen molar-refractivity contribution in [3.8, 4) is 11.5 Å². The zero-order valence-electron chi connectivity index (χ0n) is 18.8. The average Bonchev–Trinajstić information content (AvgIpc) is 3.35. The van der Waals surface area contributed by atoms with Crippen molar-refractivity contribution in [1.82, 2.24) is 10.2 Å². The standard InChI is InChI=1S/C25H19BrCl2N2O6/c1-2-34-21-10-15(18(26)11-22(21)36-13-14-5-6-19(27)20(28)8-14)9-17-23(31)29-25(33)30(24(17)32)12-16-4-3-7-35-16/h3-11H,2,12-13H2,1H3,(H,29,31,33)/b17-9+. The Labute approximate surface area is 224 Å². The second-order valence-corrected chi connectivity index (χ2v) is 9.25. The normalized spacial score (nSPS) is 14.8. The predicted molar refractivity (Wildman–Crippen MR) is 137 cm³/mol. The maximum atomic E-state index is 13.0. The van der Waals surface area contributed by atoms with Crippen molar-refractivity contribution in [2.75, 3.05) is 6.61 Å². The molecule has 4 rings (SSSR count). The van der Waals surface area contributed by atoms with E-state index in [2.05, 4.69) is 21.2 Å². The van der Waals surface area contributed by atoms with Gasteiger partial charge in [-0.25, -0.2) is 4.79 Å². The number of halogens is 3. The lowest BCUT2D eigenvalue weighted by molar-refractivity contribution is -0.130. The molecule has 0 saturated carbocycles. The van der Waals surface area contributed by atoms with Crippen LogP contribution < -0.4 is 14.8 Å². The summed E-state index contributed by atoms with van der Waals surface area (Å²) in [5.74, 6) is -0.309. The van der Waals surface area contributed by atoms with Crippen LogP contribution in [0.1, 0.15) is 23.8 Å². The first-order valence-electron chi connectivity index (χ1n) is 10.7. The van der Waals surface area contributed by atoms with Crippen molar-refractivity contribution in [2.45, 2.75) is 20.1 Å². The number of amides is 4. The van der Waals surface area contributed by atoms with Crippen LogP contribution in [0.15, 0.2) is 63.2 Å². The smallest absolute Gasteiger partial charge is 0.331 e. The zero-order chi connectivity index (χ0) is 25.8. The monoisotopic (exact) mass is 592 g/mol. The van der Waals surface area contributed by atoms with E-state index < -0.39 is 17.8 Å². The molecule has 1 saturated heterocycles. The Bertz CT molecular complexity index is 1360. The molecule has 0 unspecified atom stereocenters. The first kappa shape index (κ1) is 25.8. The second-order valence-electron chi connectivity index (χ2n) is 7.58. The molecule has 11 heteroatoms. The molecule has 4 amide bonds. The highest BCUT2D eigenvalue weighted by atomic mass is 79.9. The Morgan fingerprint density at radius 2 is 1.83 bits per heavy atom. The van der Waals surface area contributed by atoms with E-state index in [1.807, 2.05) is 6.92 Å². The number of urea groups is 1. The van der Waals surface area contributed by atoms with E-state index in [0.717, 1.165) is 10.5 Å². The molecule has 2 aromatic carbocycles. The Morgan fingerprint density at radius 3 is 2.53 bits per heavy atom. The number of nitrogens with one attached hydrogen (secondary N) is 1. The topological polar surface area (TPSA) is 98.1 Å². The van der Waals surface area contributed by atoms with Gasteiger partial charge >= 0.3 is 6.03 Å². The van der Waals surface area contributed by atoms with Gasteiger partial charge in [-0.15, -0.1) is 0 Å². The molecule has 8 nitrogen and oxygen atoms in total. The minimum absolute atomic E-state index is 0.116. The van der Waals surface area contributed by atoms with Gasteiger partial charge in [0.05, 0.1) is 29.5 Å². The van der Waals surface area contributed by atoms with Gasteiger partial charge in [0.25, 0.3) is 11.8 Å². The van der Waals surface area contributed by atoms with E-state index in [-0.39, 0.29) is 18.7 Å². The summed E-state index contributed by atoms with van der Waals surface area (Å²) in [6.07, 6.45) is 2.82. The van der Waals surface area contributed by atoms with E-state index in [4.69, 9.17) is 37.1 Å². The zero-order valence-corrected chi connectivity index (χ0v) is 21.9. The van der Waals surface area contributed by atoms with Crippen LogP contribution >= 0.6 is 39.1 Å².